The molecule has 2 aliphatic heterocycles. The molecular weight excluding hydrogens is 366 g/mol. The van der Waals surface area contributed by atoms with Crippen LogP contribution in [-0.2, 0) is 28.5 Å². The van der Waals surface area contributed by atoms with Crippen LogP contribution in [0.3, 0.4) is 0 Å². The van der Waals surface area contributed by atoms with Gasteiger partial charge >= 0.3 is 18.0 Å². The lowest BCUT2D eigenvalue weighted by Crippen LogP contribution is -2.60. The van der Waals surface area contributed by atoms with Gasteiger partial charge in [-0.15, -0.1) is 0 Å². The second-order valence-corrected chi connectivity index (χ2v) is 10.2. The molecular formula is C20H33NO7. The molecule has 8 nitrogen and oxygen atoms in total. The number of alkyl carbamates (subject to hydrolysis) is 1. The molecule has 2 heterocycles. The van der Waals surface area contributed by atoms with E-state index in [-0.39, 0.29) is 17.8 Å². The Bertz CT molecular complexity index is 637. The minimum Gasteiger partial charge on any atom is -0.460 e. The molecule has 3 fully saturated rings. The fourth-order valence-corrected chi connectivity index (χ4v) is 3.63. The minimum atomic E-state index is -1.41. The summed E-state index contributed by atoms with van der Waals surface area (Å²) >= 11 is 0. The molecule has 0 aromatic rings. The number of carbonyl (C=O) groups is 2. The molecule has 2 saturated heterocycles. The fraction of sp³-hybridized carbons (Fsp3) is 0.900. The van der Waals surface area contributed by atoms with Gasteiger partial charge in [0.1, 0.15) is 17.2 Å². The molecule has 2 bridgehead atoms. The van der Waals surface area contributed by atoms with Crippen LogP contribution in [0.25, 0.3) is 0 Å². The first kappa shape index (κ1) is 21.3. The number of esters is 1. The van der Waals surface area contributed by atoms with E-state index in [1.165, 1.54) is 0 Å². The highest BCUT2D eigenvalue weighted by molar-refractivity contribution is 5.77. The first-order valence-corrected chi connectivity index (χ1v) is 9.92. The minimum absolute atomic E-state index is 0.220. The maximum absolute atomic E-state index is 12.5. The third-order valence-corrected chi connectivity index (χ3v) is 4.93. The van der Waals surface area contributed by atoms with E-state index < -0.39 is 34.9 Å². The van der Waals surface area contributed by atoms with Gasteiger partial charge in [0.25, 0.3) is 0 Å². The molecule has 3 rings (SSSR count). The Hall–Kier alpha value is -1.38. The van der Waals surface area contributed by atoms with Gasteiger partial charge in [-0.1, -0.05) is 0 Å². The third kappa shape index (κ3) is 4.78. The molecule has 160 valence electrons. The highest BCUT2D eigenvalue weighted by Crippen LogP contribution is 2.51. The monoisotopic (exact) mass is 399 g/mol. The molecule has 0 radical (unpaired) electrons. The molecule has 5 atom stereocenters. The van der Waals surface area contributed by atoms with Crippen LogP contribution in [0.2, 0.25) is 0 Å². The van der Waals surface area contributed by atoms with Gasteiger partial charge in [-0.05, 0) is 54.9 Å². The largest absolute Gasteiger partial charge is 0.460 e. The molecule has 3 aliphatic rings. The first-order chi connectivity index (χ1) is 12.7. The summed E-state index contributed by atoms with van der Waals surface area (Å²) in [5.74, 6) is -2.27. The van der Waals surface area contributed by atoms with E-state index in [1.54, 1.807) is 20.8 Å². The summed E-state index contributed by atoms with van der Waals surface area (Å²) in [6.45, 7) is 13.6. The van der Waals surface area contributed by atoms with Crippen molar-refractivity contribution in [2.75, 3.05) is 13.2 Å². The topological polar surface area (TPSA) is 92.3 Å². The van der Waals surface area contributed by atoms with Gasteiger partial charge in [0, 0.05) is 12.3 Å². The Morgan fingerprint density at radius 3 is 2.32 bits per heavy atom. The van der Waals surface area contributed by atoms with Crippen LogP contribution >= 0.6 is 0 Å². The smallest absolute Gasteiger partial charge is 0.408 e. The summed E-state index contributed by atoms with van der Waals surface area (Å²) in [7, 11) is 0. The Balaban J connectivity index is 1.77. The van der Waals surface area contributed by atoms with Crippen molar-refractivity contribution in [3.05, 3.63) is 0 Å². The molecule has 0 aromatic carbocycles. The summed E-state index contributed by atoms with van der Waals surface area (Å²) in [5, 5.41) is 2.84. The normalized spacial score (nSPS) is 35.8. The van der Waals surface area contributed by atoms with Gasteiger partial charge in [0.05, 0.1) is 24.7 Å². The molecule has 0 aromatic heterocycles. The van der Waals surface area contributed by atoms with Crippen LogP contribution in [0.4, 0.5) is 4.79 Å². The second-order valence-electron chi connectivity index (χ2n) is 10.2. The van der Waals surface area contributed by atoms with E-state index >= 15 is 0 Å². The fourth-order valence-electron chi connectivity index (χ4n) is 3.63. The van der Waals surface area contributed by atoms with Crippen molar-refractivity contribution in [3.8, 4) is 0 Å². The predicted molar refractivity (Wildman–Crippen MR) is 99.3 cm³/mol. The summed E-state index contributed by atoms with van der Waals surface area (Å²) in [6, 6.07) is -0.679. The molecule has 8 heteroatoms. The predicted octanol–water partition coefficient (Wildman–Crippen LogP) is 2.74. The zero-order valence-electron chi connectivity index (χ0n) is 17.9. The van der Waals surface area contributed by atoms with Crippen LogP contribution in [0, 0.1) is 11.8 Å². The van der Waals surface area contributed by atoms with Gasteiger partial charge in [0.2, 0.25) is 0 Å². The second kappa shape index (κ2) is 6.85. The third-order valence-electron chi connectivity index (χ3n) is 4.93. The van der Waals surface area contributed by atoms with Gasteiger partial charge in [-0.3, -0.25) is 4.79 Å². The average Bonchev–Trinajstić information content (AvgIpc) is 3.23. The summed E-state index contributed by atoms with van der Waals surface area (Å²) < 4.78 is 28.8. The van der Waals surface area contributed by atoms with E-state index in [2.05, 4.69) is 5.32 Å². The number of hydrogen-bond acceptors (Lipinski definition) is 7. The van der Waals surface area contributed by atoms with E-state index in [4.69, 9.17) is 23.7 Å². The molecule has 0 spiro atoms. The number of rotatable bonds is 4. The number of ether oxygens (including phenoxy) is 5. The number of carbonyl (C=O) groups excluding carboxylic acids is 2. The lowest BCUT2D eigenvalue weighted by Gasteiger charge is -2.40. The van der Waals surface area contributed by atoms with Crippen LogP contribution in [0.1, 0.15) is 61.3 Å². The van der Waals surface area contributed by atoms with Gasteiger partial charge < -0.3 is 29.0 Å². The lowest BCUT2D eigenvalue weighted by molar-refractivity contribution is -0.380. The highest BCUT2D eigenvalue weighted by atomic mass is 16.9. The maximum atomic E-state index is 12.5. The molecule has 1 N–H and O–H groups in total. The Morgan fingerprint density at radius 1 is 1.07 bits per heavy atom. The average molecular weight is 399 g/mol. The highest BCUT2D eigenvalue weighted by Gasteiger charge is 2.65. The van der Waals surface area contributed by atoms with Crippen molar-refractivity contribution in [2.45, 2.75) is 90.1 Å². The van der Waals surface area contributed by atoms with Crippen molar-refractivity contribution in [2.24, 2.45) is 11.8 Å². The van der Waals surface area contributed by atoms with Crippen LogP contribution in [0.5, 0.6) is 0 Å². The van der Waals surface area contributed by atoms with E-state index in [9.17, 15) is 9.59 Å². The summed E-state index contributed by atoms with van der Waals surface area (Å²) in [6.07, 6.45) is 0.662. The van der Waals surface area contributed by atoms with Crippen molar-refractivity contribution < 1.29 is 33.3 Å². The lowest BCUT2D eigenvalue weighted by atomic mass is 10.0. The maximum Gasteiger partial charge on any atom is 0.408 e. The number of nitrogens with one attached hydrogen (secondary N) is 1. The molecule has 1 amide bonds. The van der Waals surface area contributed by atoms with Gasteiger partial charge in [-0.2, -0.15) is 0 Å². The van der Waals surface area contributed by atoms with Gasteiger partial charge in [0.15, 0.2) is 0 Å². The quantitative estimate of drug-likeness (QED) is 0.727. The summed E-state index contributed by atoms with van der Waals surface area (Å²) in [5.41, 5.74) is -1.70. The standard InChI is InChI=1S/C20H33NO7/c1-17(2,3)26-15(22)13-10-12(13)14(21-16(23)27-18(4,5)6)20-24-9-8-19(7,28-20)11-25-20/h12-14H,8-11H2,1-7H3,(H,21,23)/t12-,13+,14+,19-,20+/m1/s1. The van der Waals surface area contributed by atoms with Crippen LogP contribution in [-0.4, -0.2) is 54.1 Å². The Labute approximate surface area is 166 Å². The summed E-state index contributed by atoms with van der Waals surface area (Å²) in [4.78, 5) is 25.0. The van der Waals surface area contributed by atoms with Crippen molar-refractivity contribution in [3.63, 3.8) is 0 Å². The van der Waals surface area contributed by atoms with Crippen molar-refractivity contribution >= 4 is 12.1 Å². The SMILES string of the molecule is CC(C)(C)OC(=O)N[C@@H]([C@@H]1C[C@@H]1C(=O)OC(C)(C)C)[C@]12OCC[C@](C)(CO1)O2. The Morgan fingerprint density at radius 2 is 1.71 bits per heavy atom. The molecule has 28 heavy (non-hydrogen) atoms. The van der Waals surface area contributed by atoms with Gasteiger partial charge in [-0.25, -0.2) is 4.79 Å². The zero-order chi connectivity index (χ0) is 21.0. The molecule has 0 unspecified atom stereocenters. The van der Waals surface area contributed by atoms with Crippen LogP contribution in [0.15, 0.2) is 0 Å². The number of fused-ring (bicyclic) bond motifs is 2. The first-order valence-electron chi connectivity index (χ1n) is 9.92. The Kier molecular flexibility index (Phi) is 5.22. The van der Waals surface area contributed by atoms with Crippen molar-refractivity contribution in [1.82, 2.24) is 5.32 Å². The van der Waals surface area contributed by atoms with E-state index in [1.807, 2.05) is 27.7 Å². The van der Waals surface area contributed by atoms with E-state index in [0.717, 1.165) is 0 Å². The number of amides is 1. The van der Waals surface area contributed by atoms with E-state index in [0.29, 0.717) is 26.1 Å². The molecule has 1 aliphatic carbocycles. The zero-order valence-corrected chi connectivity index (χ0v) is 17.9. The number of hydrogen-bond donors (Lipinski definition) is 1. The van der Waals surface area contributed by atoms with Crippen LogP contribution < -0.4 is 5.32 Å². The molecule has 1 saturated carbocycles. The van der Waals surface area contributed by atoms with Crippen molar-refractivity contribution in [1.29, 1.82) is 0 Å².